The smallest absolute Gasteiger partial charge is 0.305 e. The second kappa shape index (κ2) is 6.67. The summed E-state index contributed by atoms with van der Waals surface area (Å²) in [6.07, 6.45) is 0. The van der Waals surface area contributed by atoms with Crippen LogP contribution in [0, 0.1) is 0 Å². The molecule has 2 amide bonds. The van der Waals surface area contributed by atoms with E-state index < -0.39 is 11.8 Å². The van der Waals surface area contributed by atoms with Crippen molar-refractivity contribution in [3.05, 3.63) is 80.6 Å². The third-order valence-corrected chi connectivity index (χ3v) is 3.78. The molecule has 0 atom stereocenters. The molecule has 0 aliphatic carbocycles. The number of rotatable bonds is 2. The lowest BCUT2D eigenvalue weighted by atomic mass is 10.2. The fourth-order valence-corrected chi connectivity index (χ4v) is 2.33. The van der Waals surface area contributed by atoms with Crippen molar-refractivity contribution in [1.82, 2.24) is 10.9 Å². The molecule has 2 N–H and O–H groups in total. The van der Waals surface area contributed by atoms with Crippen molar-refractivity contribution in [2.75, 3.05) is 0 Å². The Balaban J connectivity index is 1.74. The van der Waals surface area contributed by atoms with Gasteiger partial charge >= 0.3 is 5.91 Å². The number of carbonyl (C=O) groups is 2. The number of nitrogens with one attached hydrogen (secondary N) is 2. The molecule has 1 heterocycles. The Morgan fingerprint density at radius 2 is 1.58 bits per heavy atom. The SMILES string of the molecule is O=C(NNC(=O)c1cc(=O)c2ccccc2o1)c1ccc(Br)cc1. The molecule has 24 heavy (non-hydrogen) atoms. The second-order valence-electron chi connectivity index (χ2n) is 4.89. The monoisotopic (exact) mass is 386 g/mol. The average Bonchev–Trinajstić information content (AvgIpc) is 2.60. The molecule has 0 saturated carbocycles. The van der Waals surface area contributed by atoms with Gasteiger partial charge in [0.2, 0.25) is 0 Å². The van der Waals surface area contributed by atoms with E-state index in [0.29, 0.717) is 16.5 Å². The van der Waals surface area contributed by atoms with Crippen molar-refractivity contribution >= 4 is 38.7 Å². The molecule has 0 aliphatic heterocycles. The van der Waals surface area contributed by atoms with E-state index in [4.69, 9.17) is 4.42 Å². The fraction of sp³-hybridized carbons (Fsp3) is 0. The first-order valence-electron chi connectivity index (χ1n) is 6.94. The van der Waals surface area contributed by atoms with Gasteiger partial charge < -0.3 is 4.42 Å². The maximum absolute atomic E-state index is 12.1. The van der Waals surface area contributed by atoms with Crippen LogP contribution in [-0.4, -0.2) is 11.8 Å². The Labute approximate surface area is 144 Å². The third-order valence-electron chi connectivity index (χ3n) is 3.25. The number of halogens is 1. The highest BCUT2D eigenvalue weighted by molar-refractivity contribution is 9.10. The van der Waals surface area contributed by atoms with Crippen LogP contribution in [0.15, 0.2) is 68.3 Å². The Hall–Kier alpha value is -2.93. The summed E-state index contributed by atoms with van der Waals surface area (Å²) in [5, 5.41) is 0.382. The van der Waals surface area contributed by atoms with Crippen LogP contribution in [0.4, 0.5) is 0 Å². The summed E-state index contributed by atoms with van der Waals surface area (Å²) in [5.41, 5.74) is 4.83. The van der Waals surface area contributed by atoms with Crippen molar-refractivity contribution in [1.29, 1.82) is 0 Å². The zero-order chi connectivity index (χ0) is 17.1. The molecule has 120 valence electrons. The largest absolute Gasteiger partial charge is 0.451 e. The molecule has 0 unspecified atom stereocenters. The molecule has 0 bridgehead atoms. The van der Waals surface area contributed by atoms with Gasteiger partial charge in [-0.3, -0.25) is 25.2 Å². The van der Waals surface area contributed by atoms with Gasteiger partial charge in [0, 0.05) is 16.1 Å². The normalized spacial score (nSPS) is 10.4. The van der Waals surface area contributed by atoms with Gasteiger partial charge in [-0.05, 0) is 36.4 Å². The molecule has 7 heteroatoms. The summed E-state index contributed by atoms with van der Waals surface area (Å²) in [7, 11) is 0. The number of hydrogen-bond acceptors (Lipinski definition) is 4. The average molecular weight is 387 g/mol. The van der Waals surface area contributed by atoms with Crippen LogP contribution in [0.3, 0.4) is 0 Å². The predicted molar refractivity (Wildman–Crippen MR) is 91.6 cm³/mol. The number of para-hydroxylation sites is 1. The molecule has 0 saturated heterocycles. The summed E-state index contributed by atoms with van der Waals surface area (Å²) in [4.78, 5) is 36.0. The van der Waals surface area contributed by atoms with E-state index in [1.165, 1.54) is 0 Å². The minimum atomic E-state index is -0.719. The summed E-state index contributed by atoms with van der Waals surface area (Å²) in [5.74, 6) is -1.39. The molecule has 0 radical (unpaired) electrons. The number of hydrazine groups is 1. The van der Waals surface area contributed by atoms with Gasteiger partial charge in [-0.15, -0.1) is 0 Å². The molecule has 3 aromatic rings. The van der Waals surface area contributed by atoms with Crippen LogP contribution in [0.2, 0.25) is 0 Å². The highest BCUT2D eigenvalue weighted by Crippen LogP contribution is 2.12. The van der Waals surface area contributed by atoms with Crippen LogP contribution in [0.5, 0.6) is 0 Å². The first-order valence-corrected chi connectivity index (χ1v) is 7.73. The number of amides is 2. The van der Waals surface area contributed by atoms with Crippen molar-refractivity contribution < 1.29 is 14.0 Å². The Kier molecular flexibility index (Phi) is 4.43. The summed E-state index contributed by atoms with van der Waals surface area (Å²) >= 11 is 3.27. The molecule has 6 nitrogen and oxygen atoms in total. The first-order chi connectivity index (χ1) is 11.5. The maximum Gasteiger partial charge on any atom is 0.305 e. The first kappa shape index (κ1) is 15.9. The van der Waals surface area contributed by atoms with Gasteiger partial charge in [-0.1, -0.05) is 28.1 Å². The molecular weight excluding hydrogens is 376 g/mol. The number of benzene rings is 2. The van der Waals surface area contributed by atoms with Crippen LogP contribution >= 0.6 is 15.9 Å². The van der Waals surface area contributed by atoms with E-state index in [1.54, 1.807) is 48.5 Å². The molecule has 3 rings (SSSR count). The van der Waals surface area contributed by atoms with Crippen molar-refractivity contribution in [3.63, 3.8) is 0 Å². The van der Waals surface area contributed by atoms with E-state index >= 15 is 0 Å². The van der Waals surface area contributed by atoms with Crippen LogP contribution in [0.1, 0.15) is 20.9 Å². The minimum absolute atomic E-state index is 0.185. The van der Waals surface area contributed by atoms with E-state index in [2.05, 4.69) is 26.8 Å². The molecule has 1 aromatic heterocycles. The summed E-state index contributed by atoms with van der Waals surface area (Å²) < 4.78 is 6.22. The van der Waals surface area contributed by atoms with Crippen molar-refractivity contribution in [3.8, 4) is 0 Å². The van der Waals surface area contributed by atoms with Crippen LogP contribution < -0.4 is 16.3 Å². The molecule has 0 fully saturated rings. The zero-order valence-corrected chi connectivity index (χ0v) is 13.8. The Morgan fingerprint density at radius 1 is 0.917 bits per heavy atom. The zero-order valence-electron chi connectivity index (χ0n) is 12.2. The summed E-state index contributed by atoms with van der Waals surface area (Å²) in [6.45, 7) is 0. The van der Waals surface area contributed by atoms with E-state index in [-0.39, 0.29) is 11.2 Å². The van der Waals surface area contributed by atoms with E-state index in [0.717, 1.165) is 10.5 Å². The Bertz CT molecular complexity index is 980. The number of fused-ring (bicyclic) bond motifs is 1. The van der Waals surface area contributed by atoms with Crippen molar-refractivity contribution in [2.24, 2.45) is 0 Å². The van der Waals surface area contributed by atoms with E-state index in [9.17, 15) is 14.4 Å². The third kappa shape index (κ3) is 3.36. The lowest BCUT2D eigenvalue weighted by molar-refractivity contribution is 0.0831. The van der Waals surface area contributed by atoms with Gasteiger partial charge in [0.15, 0.2) is 11.2 Å². The van der Waals surface area contributed by atoms with Crippen LogP contribution in [0.25, 0.3) is 11.0 Å². The molecular formula is C17H11BrN2O4. The number of hydrogen-bond donors (Lipinski definition) is 2. The minimum Gasteiger partial charge on any atom is -0.451 e. The lowest BCUT2D eigenvalue weighted by Crippen LogP contribution is -2.41. The quantitative estimate of drug-likeness (QED) is 0.662. The summed E-state index contributed by atoms with van der Waals surface area (Å²) in [6, 6.07) is 14.3. The van der Waals surface area contributed by atoms with Gasteiger partial charge in [0.1, 0.15) is 5.58 Å². The van der Waals surface area contributed by atoms with Gasteiger partial charge in [0.25, 0.3) is 5.91 Å². The Morgan fingerprint density at radius 3 is 2.33 bits per heavy atom. The number of carbonyl (C=O) groups excluding carboxylic acids is 2. The molecule has 0 aliphatic rings. The van der Waals surface area contributed by atoms with Gasteiger partial charge in [0.05, 0.1) is 5.39 Å². The highest BCUT2D eigenvalue weighted by atomic mass is 79.9. The van der Waals surface area contributed by atoms with Crippen LogP contribution in [-0.2, 0) is 0 Å². The maximum atomic E-state index is 12.1. The topological polar surface area (TPSA) is 88.4 Å². The van der Waals surface area contributed by atoms with Gasteiger partial charge in [-0.2, -0.15) is 0 Å². The van der Waals surface area contributed by atoms with Gasteiger partial charge in [-0.25, -0.2) is 0 Å². The fourth-order valence-electron chi connectivity index (χ4n) is 2.06. The highest BCUT2D eigenvalue weighted by Gasteiger charge is 2.13. The predicted octanol–water partition coefficient (Wildman–Crippen LogP) is 2.63. The van der Waals surface area contributed by atoms with E-state index in [1.807, 2.05) is 0 Å². The standard InChI is InChI=1S/C17H11BrN2O4/c18-11-7-5-10(6-8-11)16(22)19-20-17(23)15-9-13(21)12-3-1-2-4-14(12)24-15/h1-9H,(H,19,22)(H,20,23). The molecule has 2 aromatic carbocycles. The second-order valence-corrected chi connectivity index (χ2v) is 5.80. The lowest BCUT2D eigenvalue weighted by Gasteiger charge is -2.07. The molecule has 0 spiro atoms. The van der Waals surface area contributed by atoms with Crippen molar-refractivity contribution in [2.45, 2.75) is 0 Å².